The first-order valence-corrected chi connectivity index (χ1v) is 9.57. The molecule has 0 aromatic rings. The van der Waals surface area contributed by atoms with Crippen LogP contribution in [0.15, 0.2) is 0 Å². The molecule has 0 radical (unpaired) electrons. The van der Waals surface area contributed by atoms with Crippen LogP contribution in [0.3, 0.4) is 0 Å². The molecule has 14 heavy (non-hydrogen) atoms. The lowest BCUT2D eigenvalue weighted by Gasteiger charge is -2.27. The average Bonchev–Trinajstić information content (AvgIpc) is 2.62. The minimum Gasteiger partial charge on any atom is -0.412 e. The lowest BCUT2D eigenvalue weighted by atomic mass is 10.1. The Bertz CT molecular complexity index is 221. The largest absolute Gasteiger partial charge is 0.412 e. The van der Waals surface area contributed by atoms with Gasteiger partial charge >= 0.3 is 0 Å². The van der Waals surface area contributed by atoms with Crippen LogP contribution in [-0.4, -0.2) is 13.9 Å². The molecule has 2 saturated carbocycles. The van der Waals surface area contributed by atoms with Crippen LogP contribution in [0.5, 0.6) is 0 Å². The van der Waals surface area contributed by atoms with Crippen LogP contribution >= 0.6 is 0 Å². The van der Waals surface area contributed by atoms with E-state index in [1.165, 1.54) is 32.1 Å². The van der Waals surface area contributed by atoms with Crippen molar-refractivity contribution in [3.63, 3.8) is 0 Å². The van der Waals surface area contributed by atoms with Crippen LogP contribution in [0, 0.1) is 11.8 Å². The summed E-state index contributed by atoms with van der Waals surface area (Å²) in [6.07, 6.45) is 7.02. The molecule has 0 saturated heterocycles. The van der Waals surface area contributed by atoms with Gasteiger partial charge in [0.2, 0.25) is 0 Å². The summed E-state index contributed by atoms with van der Waals surface area (Å²) >= 11 is 0. The first-order chi connectivity index (χ1) is 6.46. The first kappa shape index (κ1) is 10.7. The lowest BCUT2D eigenvalue weighted by molar-refractivity contribution is 0.131. The third-order valence-electron chi connectivity index (χ3n) is 3.97. The first-order valence-electron chi connectivity index (χ1n) is 6.16. The smallest absolute Gasteiger partial charge is 0.184 e. The number of hydrogen-bond donors (Lipinski definition) is 0. The third-order valence-corrected chi connectivity index (χ3v) is 4.96. The van der Waals surface area contributed by atoms with E-state index in [1.807, 2.05) is 0 Å². The quantitative estimate of drug-likeness (QED) is 0.633. The van der Waals surface area contributed by atoms with Crippen LogP contribution in [0.1, 0.15) is 39.0 Å². The molecule has 2 heteroatoms. The molecular weight excluding hydrogens is 188 g/mol. The minimum atomic E-state index is -1.34. The maximum Gasteiger partial charge on any atom is 0.184 e. The third kappa shape index (κ3) is 1.79. The highest BCUT2D eigenvalue weighted by molar-refractivity contribution is 6.69. The highest BCUT2D eigenvalue weighted by atomic mass is 28.4. The van der Waals surface area contributed by atoms with Gasteiger partial charge in [0.1, 0.15) is 0 Å². The summed E-state index contributed by atoms with van der Waals surface area (Å²) in [6, 6.07) is 0. The Kier molecular flexibility index (Phi) is 2.55. The second-order valence-corrected chi connectivity index (χ2v) is 10.6. The highest BCUT2D eigenvalue weighted by Gasteiger charge is 2.63. The van der Waals surface area contributed by atoms with Crippen LogP contribution in [0.2, 0.25) is 19.6 Å². The highest BCUT2D eigenvalue weighted by Crippen LogP contribution is 2.60. The second-order valence-electron chi connectivity index (χ2n) is 6.16. The van der Waals surface area contributed by atoms with Gasteiger partial charge in [0.25, 0.3) is 0 Å². The summed E-state index contributed by atoms with van der Waals surface area (Å²) in [5.74, 6) is 1.74. The van der Waals surface area contributed by atoms with E-state index in [9.17, 15) is 0 Å². The van der Waals surface area contributed by atoms with E-state index in [1.54, 1.807) is 0 Å². The van der Waals surface area contributed by atoms with Gasteiger partial charge in [0, 0.05) is 0 Å². The number of hydrogen-bond acceptors (Lipinski definition) is 1. The molecule has 0 unspecified atom stereocenters. The van der Waals surface area contributed by atoms with Crippen molar-refractivity contribution < 1.29 is 4.43 Å². The molecule has 3 atom stereocenters. The van der Waals surface area contributed by atoms with Gasteiger partial charge in [-0.15, -0.1) is 0 Å². The molecule has 0 bridgehead atoms. The van der Waals surface area contributed by atoms with E-state index in [-0.39, 0.29) is 0 Å². The van der Waals surface area contributed by atoms with Crippen LogP contribution in [0.25, 0.3) is 0 Å². The zero-order valence-corrected chi connectivity index (χ0v) is 11.1. The summed E-state index contributed by atoms with van der Waals surface area (Å²) in [7, 11) is -1.34. The Balaban J connectivity index is 2.06. The zero-order chi connectivity index (χ0) is 10.4. The Hall–Kier alpha value is 0.177. The van der Waals surface area contributed by atoms with Crippen molar-refractivity contribution in [2.75, 3.05) is 0 Å². The van der Waals surface area contributed by atoms with Gasteiger partial charge in [-0.3, -0.25) is 0 Å². The van der Waals surface area contributed by atoms with Gasteiger partial charge in [-0.1, -0.05) is 26.2 Å². The number of rotatable bonds is 2. The maximum atomic E-state index is 6.47. The Labute approximate surface area is 89.4 Å². The molecule has 0 aromatic carbocycles. The van der Waals surface area contributed by atoms with Gasteiger partial charge in [0.05, 0.1) is 5.60 Å². The van der Waals surface area contributed by atoms with Gasteiger partial charge in [0.15, 0.2) is 8.32 Å². The van der Waals surface area contributed by atoms with Crippen molar-refractivity contribution in [1.29, 1.82) is 0 Å². The maximum absolute atomic E-state index is 6.47. The van der Waals surface area contributed by atoms with E-state index < -0.39 is 8.32 Å². The van der Waals surface area contributed by atoms with Crippen molar-refractivity contribution in [3.05, 3.63) is 0 Å². The molecule has 0 N–H and O–H groups in total. The van der Waals surface area contributed by atoms with Gasteiger partial charge in [-0.2, -0.15) is 0 Å². The molecule has 0 heterocycles. The molecule has 2 rings (SSSR count). The summed E-state index contributed by atoms with van der Waals surface area (Å²) < 4.78 is 6.47. The van der Waals surface area contributed by atoms with Crippen molar-refractivity contribution in [2.24, 2.45) is 11.8 Å². The predicted octanol–water partition coefficient (Wildman–Crippen LogP) is 3.81. The SMILES string of the molecule is C[C@H]1[C@H]2CCCCC[C@]21O[Si](C)(C)C. The van der Waals surface area contributed by atoms with Crippen molar-refractivity contribution in [3.8, 4) is 0 Å². The fourth-order valence-corrected chi connectivity index (χ4v) is 4.91. The second kappa shape index (κ2) is 3.34. The molecule has 0 aromatic heterocycles. The lowest BCUT2D eigenvalue weighted by Crippen LogP contribution is -2.35. The molecule has 1 nitrogen and oxygen atoms in total. The fraction of sp³-hybridized carbons (Fsp3) is 1.00. The van der Waals surface area contributed by atoms with E-state index in [4.69, 9.17) is 4.43 Å². The van der Waals surface area contributed by atoms with E-state index in [0.29, 0.717) is 5.60 Å². The molecule has 0 amide bonds. The molecular formula is C12H24OSi. The average molecular weight is 212 g/mol. The predicted molar refractivity (Wildman–Crippen MR) is 62.9 cm³/mol. The van der Waals surface area contributed by atoms with Crippen LogP contribution in [0.4, 0.5) is 0 Å². The monoisotopic (exact) mass is 212 g/mol. The van der Waals surface area contributed by atoms with Gasteiger partial charge in [-0.25, -0.2) is 0 Å². The molecule has 2 fully saturated rings. The molecule has 0 spiro atoms. The Morgan fingerprint density at radius 3 is 2.50 bits per heavy atom. The summed E-state index contributed by atoms with van der Waals surface area (Å²) in [4.78, 5) is 0. The summed E-state index contributed by atoms with van der Waals surface area (Å²) in [6.45, 7) is 9.38. The molecule has 2 aliphatic carbocycles. The minimum absolute atomic E-state index is 0.334. The molecule has 2 aliphatic rings. The van der Waals surface area contributed by atoms with E-state index >= 15 is 0 Å². The van der Waals surface area contributed by atoms with Crippen molar-refractivity contribution >= 4 is 8.32 Å². The summed E-state index contributed by atoms with van der Waals surface area (Å²) in [5.41, 5.74) is 0.334. The number of fused-ring (bicyclic) bond motifs is 1. The van der Waals surface area contributed by atoms with Crippen LogP contribution in [-0.2, 0) is 4.43 Å². The van der Waals surface area contributed by atoms with Gasteiger partial charge in [-0.05, 0) is 44.3 Å². The zero-order valence-electron chi connectivity index (χ0n) is 10.1. The Morgan fingerprint density at radius 2 is 1.86 bits per heavy atom. The normalized spacial score (nSPS) is 42.9. The molecule has 82 valence electrons. The van der Waals surface area contributed by atoms with Gasteiger partial charge < -0.3 is 4.43 Å². The molecule has 0 aliphatic heterocycles. The van der Waals surface area contributed by atoms with Crippen molar-refractivity contribution in [2.45, 2.75) is 64.3 Å². The summed E-state index contributed by atoms with van der Waals surface area (Å²) in [5, 5.41) is 0. The fourth-order valence-electron chi connectivity index (χ4n) is 3.33. The van der Waals surface area contributed by atoms with E-state index in [0.717, 1.165) is 11.8 Å². The van der Waals surface area contributed by atoms with Crippen molar-refractivity contribution in [1.82, 2.24) is 0 Å². The Morgan fingerprint density at radius 1 is 1.14 bits per heavy atom. The van der Waals surface area contributed by atoms with Crippen LogP contribution < -0.4 is 0 Å². The standard InChI is InChI=1S/C12H24OSi/c1-10-11-8-6-5-7-9-12(10,11)13-14(2,3)4/h10-11H,5-9H2,1-4H3/t10-,11+,12+/m0/s1. The topological polar surface area (TPSA) is 9.23 Å². The van der Waals surface area contributed by atoms with E-state index in [2.05, 4.69) is 26.6 Å².